The molecule has 26 heavy (non-hydrogen) atoms. The van der Waals surface area contributed by atoms with Crippen molar-refractivity contribution in [3.05, 3.63) is 82.5 Å². The van der Waals surface area contributed by atoms with Gasteiger partial charge in [-0.1, -0.05) is 35.5 Å². The molecule has 1 heterocycles. The Bertz CT molecular complexity index is 946. The second-order valence-electron chi connectivity index (χ2n) is 5.79. The van der Waals surface area contributed by atoms with Gasteiger partial charge in [-0.15, -0.1) is 0 Å². The monoisotopic (exact) mass is 383 g/mol. The molecule has 4 nitrogen and oxygen atoms in total. The number of rotatable bonds is 5. The first-order valence-corrected chi connectivity index (χ1v) is 9.24. The van der Waals surface area contributed by atoms with E-state index in [2.05, 4.69) is 41.8 Å². The van der Waals surface area contributed by atoms with Gasteiger partial charge in [-0.25, -0.2) is 4.98 Å². The highest BCUT2D eigenvalue weighted by atomic mass is 35.5. The first-order chi connectivity index (χ1) is 12.5. The maximum atomic E-state index is 12.6. The van der Waals surface area contributed by atoms with Gasteiger partial charge in [0.1, 0.15) is 5.03 Å². The minimum Gasteiger partial charge on any atom is -0.298 e. The van der Waals surface area contributed by atoms with Crippen molar-refractivity contribution in [3.8, 4) is 0 Å². The summed E-state index contributed by atoms with van der Waals surface area (Å²) in [5.41, 5.74) is 9.21. The van der Waals surface area contributed by atoms with Crippen LogP contribution in [0.3, 0.4) is 0 Å². The average molecular weight is 384 g/mol. The molecular weight excluding hydrogens is 366 g/mol. The summed E-state index contributed by atoms with van der Waals surface area (Å²) >= 11 is 7.42. The molecule has 3 aromatic rings. The lowest BCUT2D eigenvalue weighted by Gasteiger charge is -2.11. The SMILES string of the molecule is Cc1ccc(Sc2ncccc2C(=O)NNc2cccc(Cl)c2)cc1C. The molecule has 3 rings (SSSR count). The Balaban J connectivity index is 1.75. The zero-order valence-corrected chi connectivity index (χ0v) is 16.0. The summed E-state index contributed by atoms with van der Waals surface area (Å²) < 4.78 is 0. The predicted molar refractivity (Wildman–Crippen MR) is 107 cm³/mol. The molecule has 0 unspecified atom stereocenters. The Morgan fingerprint density at radius 3 is 2.65 bits per heavy atom. The summed E-state index contributed by atoms with van der Waals surface area (Å²) in [5, 5.41) is 1.25. The maximum Gasteiger partial charge on any atom is 0.272 e. The highest BCUT2D eigenvalue weighted by Crippen LogP contribution is 2.30. The van der Waals surface area contributed by atoms with Crippen LogP contribution in [0.1, 0.15) is 21.5 Å². The van der Waals surface area contributed by atoms with E-state index in [0.29, 0.717) is 21.3 Å². The molecule has 1 amide bonds. The lowest BCUT2D eigenvalue weighted by molar-refractivity contribution is 0.0959. The van der Waals surface area contributed by atoms with E-state index in [-0.39, 0.29) is 5.91 Å². The zero-order valence-electron chi connectivity index (χ0n) is 14.4. The Hall–Kier alpha value is -2.50. The molecule has 0 aliphatic heterocycles. The number of anilines is 1. The van der Waals surface area contributed by atoms with Crippen molar-refractivity contribution in [2.24, 2.45) is 0 Å². The van der Waals surface area contributed by atoms with E-state index in [1.165, 1.54) is 22.9 Å². The van der Waals surface area contributed by atoms with Crippen molar-refractivity contribution < 1.29 is 4.79 Å². The second kappa shape index (κ2) is 8.25. The van der Waals surface area contributed by atoms with Gasteiger partial charge in [0.15, 0.2) is 0 Å². The van der Waals surface area contributed by atoms with Gasteiger partial charge in [-0.05, 0) is 67.4 Å². The molecule has 2 aromatic carbocycles. The van der Waals surface area contributed by atoms with E-state index in [1.54, 1.807) is 30.5 Å². The minimum absolute atomic E-state index is 0.260. The van der Waals surface area contributed by atoms with Gasteiger partial charge in [-0.2, -0.15) is 0 Å². The van der Waals surface area contributed by atoms with Crippen LogP contribution in [0.4, 0.5) is 5.69 Å². The van der Waals surface area contributed by atoms with Crippen LogP contribution in [0.2, 0.25) is 5.02 Å². The van der Waals surface area contributed by atoms with Crippen LogP contribution in [0, 0.1) is 13.8 Å². The molecule has 0 spiro atoms. The van der Waals surface area contributed by atoms with Crippen LogP contribution in [0.15, 0.2) is 70.7 Å². The van der Waals surface area contributed by atoms with Crippen LogP contribution >= 0.6 is 23.4 Å². The largest absolute Gasteiger partial charge is 0.298 e. The summed E-state index contributed by atoms with van der Waals surface area (Å²) in [6.45, 7) is 4.14. The van der Waals surface area contributed by atoms with Crippen LogP contribution in [-0.4, -0.2) is 10.9 Å². The number of hydrazine groups is 1. The quantitative estimate of drug-likeness (QED) is 0.590. The number of nitrogens with zero attached hydrogens (tertiary/aromatic N) is 1. The Kier molecular flexibility index (Phi) is 5.81. The number of aromatic nitrogens is 1. The minimum atomic E-state index is -0.260. The zero-order chi connectivity index (χ0) is 18.5. The Morgan fingerprint density at radius 2 is 1.88 bits per heavy atom. The number of hydrogen-bond donors (Lipinski definition) is 2. The van der Waals surface area contributed by atoms with Crippen molar-refractivity contribution in [2.75, 3.05) is 5.43 Å². The maximum absolute atomic E-state index is 12.6. The van der Waals surface area contributed by atoms with Crippen molar-refractivity contribution in [2.45, 2.75) is 23.8 Å². The molecule has 6 heteroatoms. The van der Waals surface area contributed by atoms with E-state index in [9.17, 15) is 4.79 Å². The summed E-state index contributed by atoms with van der Waals surface area (Å²) in [6, 6.07) is 16.8. The molecule has 0 radical (unpaired) electrons. The van der Waals surface area contributed by atoms with E-state index >= 15 is 0 Å². The van der Waals surface area contributed by atoms with E-state index in [1.807, 2.05) is 18.2 Å². The molecule has 0 saturated heterocycles. The average Bonchev–Trinajstić information content (AvgIpc) is 2.63. The fourth-order valence-corrected chi connectivity index (χ4v) is 3.47. The number of nitrogens with one attached hydrogen (secondary N) is 2. The van der Waals surface area contributed by atoms with Gasteiger partial charge >= 0.3 is 0 Å². The normalized spacial score (nSPS) is 10.4. The molecule has 1 aromatic heterocycles. The van der Waals surface area contributed by atoms with Crippen molar-refractivity contribution >= 4 is 35.0 Å². The van der Waals surface area contributed by atoms with Crippen LogP contribution in [0.5, 0.6) is 0 Å². The molecular formula is C20H18ClN3OS. The number of carbonyl (C=O) groups is 1. The molecule has 0 bridgehead atoms. The number of pyridine rings is 1. The summed E-state index contributed by atoms with van der Waals surface area (Å²) in [7, 11) is 0. The first kappa shape index (κ1) is 18.3. The van der Waals surface area contributed by atoms with Gasteiger partial charge in [0.05, 0.1) is 11.3 Å². The molecule has 0 aliphatic carbocycles. The van der Waals surface area contributed by atoms with Gasteiger partial charge in [-0.3, -0.25) is 15.6 Å². The Morgan fingerprint density at radius 1 is 1.04 bits per heavy atom. The van der Waals surface area contributed by atoms with E-state index in [0.717, 1.165) is 4.90 Å². The molecule has 132 valence electrons. The highest BCUT2D eigenvalue weighted by molar-refractivity contribution is 7.99. The summed E-state index contributed by atoms with van der Waals surface area (Å²) in [6.07, 6.45) is 1.69. The number of aryl methyl sites for hydroxylation is 2. The van der Waals surface area contributed by atoms with Crippen LogP contribution < -0.4 is 10.9 Å². The fraction of sp³-hybridized carbons (Fsp3) is 0.100. The van der Waals surface area contributed by atoms with Crippen molar-refractivity contribution in [3.63, 3.8) is 0 Å². The van der Waals surface area contributed by atoms with Gasteiger partial charge in [0.2, 0.25) is 0 Å². The standard InChI is InChI=1S/C20H18ClN3OS/c1-13-8-9-17(11-14(13)2)26-20-18(7-4-10-22-20)19(25)24-23-16-6-3-5-15(21)12-16/h3-12,23H,1-2H3,(H,24,25). The molecule has 0 atom stereocenters. The van der Waals surface area contributed by atoms with Crippen molar-refractivity contribution in [1.82, 2.24) is 10.4 Å². The number of benzene rings is 2. The lowest BCUT2D eigenvalue weighted by Crippen LogP contribution is -2.29. The number of hydrogen-bond acceptors (Lipinski definition) is 4. The van der Waals surface area contributed by atoms with E-state index < -0.39 is 0 Å². The number of carbonyl (C=O) groups excluding carboxylic acids is 1. The second-order valence-corrected chi connectivity index (χ2v) is 7.29. The third-order valence-electron chi connectivity index (χ3n) is 3.85. The number of amides is 1. The van der Waals surface area contributed by atoms with Crippen LogP contribution in [-0.2, 0) is 0 Å². The smallest absolute Gasteiger partial charge is 0.272 e. The lowest BCUT2D eigenvalue weighted by atomic mass is 10.1. The van der Waals surface area contributed by atoms with Gasteiger partial charge in [0, 0.05) is 16.1 Å². The fourth-order valence-electron chi connectivity index (χ4n) is 2.30. The third kappa shape index (κ3) is 4.56. The highest BCUT2D eigenvalue weighted by Gasteiger charge is 2.13. The number of halogens is 1. The predicted octanol–water partition coefficient (Wildman–Crippen LogP) is 5.26. The summed E-state index contributed by atoms with van der Waals surface area (Å²) in [4.78, 5) is 18.0. The summed E-state index contributed by atoms with van der Waals surface area (Å²) in [5.74, 6) is -0.260. The topological polar surface area (TPSA) is 54.0 Å². The molecule has 2 N–H and O–H groups in total. The molecule has 0 saturated carbocycles. The van der Waals surface area contributed by atoms with Crippen LogP contribution in [0.25, 0.3) is 0 Å². The van der Waals surface area contributed by atoms with Crippen molar-refractivity contribution in [1.29, 1.82) is 0 Å². The molecule has 0 fully saturated rings. The first-order valence-electron chi connectivity index (χ1n) is 8.05. The third-order valence-corrected chi connectivity index (χ3v) is 5.10. The Labute approximate surface area is 162 Å². The van der Waals surface area contributed by atoms with Gasteiger partial charge < -0.3 is 0 Å². The van der Waals surface area contributed by atoms with E-state index in [4.69, 9.17) is 11.6 Å². The van der Waals surface area contributed by atoms with Gasteiger partial charge in [0.25, 0.3) is 5.91 Å². The molecule has 0 aliphatic rings.